The first-order chi connectivity index (χ1) is 13.8. The molecule has 0 aliphatic heterocycles. The highest BCUT2D eigenvalue weighted by molar-refractivity contribution is 6.02. The Kier molecular flexibility index (Phi) is 4.32. The number of anilines is 2. The highest BCUT2D eigenvalue weighted by Crippen LogP contribution is 2.40. The summed E-state index contributed by atoms with van der Waals surface area (Å²) in [5.74, 6) is 0.395. The fraction of sp³-hybridized carbons (Fsp3) is 0.192. The molecule has 2 nitrogen and oxygen atoms in total. The SMILES string of the molecule is O=C1CCC(N(c2cccc3ccccc23)c2cccc3ccccc23)CC1. The third-order valence-electron chi connectivity index (χ3n) is 5.93. The molecule has 0 N–H and O–H groups in total. The van der Waals surface area contributed by atoms with Crippen molar-refractivity contribution in [2.24, 2.45) is 0 Å². The van der Waals surface area contributed by atoms with E-state index in [1.54, 1.807) is 0 Å². The second kappa shape index (κ2) is 7.12. The van der Waals surface area contributed by atoms with Gasteiger partial charge in [0.05, 0.1) is 0 Å². The molecule has 0 unspecified atom stereocenters. The quantitative estimate of drug-likeness (QED) is 0.405. The molecular weight excluding hydrogens is 342 g/mol. The summed E-state index contributed by atoms with van der Waals surface area (Å²) < 4.78 is 0. The van der Waals surface area contributed by atoms with Crippen LogP contribution in [0, 0.1) is 0 Å². The van der Waals surface area contributed by atoms with E-state index < -0.39 is 0 Å². The summed E-state index contributed by atoms with van der Waals surface area (Å²) >= 11 is 0. The van der Waals surface area contributed by atoms with Crippen molar-refractivity contribution < 1.29 is 4.79 Å². The number of hydrogen-bond acceptors (Lipinski definition) is 2. The zero-order chi connectivity index (χ0) is 18.9. The van der Waals surface area contributed by atoms with Gasteiger partial charge in [0.15, 0.2) is 0 Å². The van der Waals surface area contributed by atoms with Crippen molar-refractivity contribution in [1.29, 1.82) is 0 Å². The lowest BCUT2D eigenvalue weighted by Gasteiger charge is -2.37. The summed E-state index contributed by atoms with van der Waals surface area (Å²) in [6, 6.07) is 30.6. The zero-order valence-electron chi connectivity index (χ0n) is 15.8. The Morgan fingerprint density at radius 3 is 1.61 bits per heavy atom. The van der Waals surface area contributed by atoms with E-state index >= 15 is 0 Å². The number of carbonyl (C=O) groups is 1. The number of benzene rings is 4. The lowest BCUT2D eigenvalue weighted by atomic mass is 9.91. The van der Waals surface area contributed by atoms with E-state index in [-0.39, 0.29) is 0 Å². The second-order valence-corrected chi connectivity index (χ2v) is 7.64. The van der Waals surface area contributed by atoms with Crippen molar-refractivity contribution in [3.05, 3.63) is 84.9 Å². The molecule has 0 saturated heterocycles. The van der Waals surface area contributed by atoms with E-state index in [9.17, 15) is 4.79 Å². The molecule has 2 heteroatoms. The Hall–Kier alpha value is -3.13. The van der Waals surface area contributed by atoms with Gasteiger partial charge in [-0.05, 0) is 35.7 Å². The van der Waals surface area contributed by atoms with Gasteiger partial charge in [0.1, 0.15) is 5.78 Å². The monoisotopic (exact) mass is 365 g/mol. The topological polar surface area (TPSA) is 20.3 Å². The van der Waals surface area contributed by atoms with Crippen LogP contribution in [-0.2, 0) is 4.79 Å². The third-order valence-corrected chi connectivity index (χ3v) is 5.93. The molecule has 0 amide bonds. The normalized spacial score (nSPS) is 15.2. The van der Waals surface area contributed by atoms with Crippen LogP contribution in [0.4, 0.5) is 11.4 Å². The van der Waals surface area contributed by atoms with Gasteiger partial charge in [0.2, 0.25) is 0 Å². The summed E-state index contributed by atoms with van der Waals surface area (Å²) in [6.07, 6.45) is 3.17. The van der Waals surface area contributed by atoms with Gasteiger partial charge >= 0.3 is 0 Å². The van der Waals surface area contributed by atoms with Crippen molar-refractivity contribution in [2.45, 2.75) is 31.7 Å². The highest BCUT2D eigenvalue weighted by Gasteiger charge is 2.27. The molecule has 1 fully saturated rings. The number of fused-ring (bicyclic) bond motifs is 2. The van der Waals surface area contributed by atoms with Crippen molar-refractivity contribution in [3.8, 4) is 0 Å². The maximum atomic E-state index is 11.9. The fourth-order valence-electron chi connectivity index (χ4n) is 4.54. The van der Waals surface area contributed by atoms with Crippen molar-refractivity contribution in [2.75, 3.05) is 4.90 Å². The molecule has 0 aromatic heterocycles. The van der Waals surface area contributed by atoms with Crippen LogP contribution in [0.2, 0.25) is 0 Å². The minimum absolute atomic E-state index is 0.328. The van der Waals surface area contributed by atoms with Gasteiger partial charge in [-0.3, -0.25) is 4.79 Å². The van der Waals surface area contributed by atoms with Gasteiger partial charge < -0.3 is 4.90 Å². The van der Waals surface area contributed by atoms with Gasteiger partial charge in [0, 0.05) is 41.0 Å². The van der Waals surface area contributed by atoms with Gasteiger partial charge in [0.25, 0.3) is 0 Å². The minimum atomic E-state index is 0.328. The molecule has 138 valence electrons. The molecule has 1 aliphatic rings. The predicted molar refractivity (Wildman–Crippen MR) is 117 cm³/mol. The summed E-state index contributed by atoms with van der Waals surface area (Å²) in [5.41, 5.74) is 2.46. The van der Waals surface area contributed by atoms with E-state index in [4.69, 9.17) is 0 Å². The molecule has 1 saturated carbocycles. The minimum Gasteiger partial charge on any atom is -0.337 e. The van der Waals surface area contributed by atoms with Crippen LogP contribution < -0.4 is 4.90 Å². The molecule has 0 bridgehead atoms. The summed E-state index contributed by atoms with van der Waals surface area (Å²) in [4.78, 5) is 14.4. The Labute approximate surface area is 165 Å². The Balaban J connectivity index is 1.74. The first-order valence-corrected chi connectivity index (χ1v) is 10.1. The average molecular weight is 365 g/mol. The van der Waals surface area contributed by atoms with Gasteiger partial charge in [-0.1, -0.05) is 72.8 Å². The first-order valence-electron chi connectivity index (χ1n) is 10.1. The first kappa shape index (κ1) is 17.0. The Morgan fingerprint density at radius 1 is 0.607 bits per heavy atom. The van der Waals surface area contributed by atoms with Gasteiger partial charge in [-0.15, -0.1) is 0 Å². The van der Waals surface area contributed by atoms with E-state index in [2.05, 4.69) is 89.8 Å². The van der Waals surface area contributed by atoms with Crippen LogP contribution in [-0.4, -0.2) is 11.8 Å². The van der Waals surface area contributed by atoms with Crippen LogP contribution >= 0.6 is 0 Å². The predicted octanol–water partition coefficient (Wildman–Crippen LogP) is 6.64. The molecule has 0 heterocycles. The fourth-order valence-corrected chi connectivity index (χ4v) is 4.54. The van der Waals surface area contributed by atoms with Crippen molar-refractivity contribution in [3.63, 3.8) is 0 Å². The second-order valence-electron chi connectivity index (χ2n) is 7.64. The van der Waals surface area contributed by atoms with Crippen LogP contribution in [0.3, 0.4) is 0 Å². The number of hydrogen-bond donors (Lipinski definition) is 0. The maximum Gasteiger partial charge on any atom is 0.133 e. The molecule has 4 aromatic rings. The molecule has 5 rings (SSSR count). The smallest absolute Gasteiger partial charge is 0.133 e. The molecular formula is C26H23NO. The number of ketones is 1. The maximum absolute atomic E-state index is 11.9. The Morgan fingerprint density at radius 2 is 1.07 bits per heavy atom. The molecule has 0 radical (unpaired) electrons. The van der Waals surface area contributed by atoms with Crippen LogP contribution in [0.25, 0.3) is 21.5 Å². The summed E-state index contributed by atoms with van der Waals surface area (Å²) in [5, 5.41) is 5.01. The lowest BCUT2D eigenvalue weighted by Crippen LogP contribution is -2.35. The third kappa shape index (κ3) is 2.95. The van der Waals surface area contributed by atoms with Crippen LogP contribution in [0.15, 0.2) is 84.9 Å². The van der Waals surface area contributed by atoms with Gasteiger partial charge in [-0.25, -0.2) is 0 Å². The summed E-state index contributed by atoms with van der Waals surface area (Å²) in [7, 11) is 0. The molecule has 0 spiro atoms. The molecule has 4 aromatic carbocycles. The van der Waals surface area contributed by atoms with Crippen molar-refractivity contribution >= 4 is 38.7 Å². The zero-order valence-corrected chi connectivity index (χ0v) is 15.8. The van der Waals surface area contributed by atoms with Crippen molar-refractivity contribution in [1.82, 2.24) is 0 Å². The largest absolute Gasteiger partial charge is 0.337 e. The van der Waals surface area contributed by atoms with E-state index in [0.717, 1.165) is 12.8 Å². The number of carbonyl (C=O) groups excluding carboxylic acids is 1. The van der Waals surface area contributed by atoms with E-state index in [0.29, 0.717) is 24.7 Å². The lowest BCUT2D eigenvalue weighted by molar-refractivity contribution is -0.120. The number of Topliss-reactive ketones (excluding diaryl/α,β-unsaturated/α-hetero) is 1. The van der Waals surface area contributed by atoms with E-state index in [1.165, 1.54) is 32.9 Å². The number of nitrogens with zero attached hydrogens (tertiary/aromatic N) is 1. The molecule has 28 heavy (non-hydrogen) atoms. The van der Waals surface area contributed by atoms with Crippen LogP contribution in [0.5, 0.6) is 0 Å². The van der Waals surface area contributed by atoms with E-state index in [1.807, 2.05) is 0 Å². The Bertz CT molecular complexity index is 1060. The highest BCUT2D eigenvalue weighted by atomic mass is 16.1. The molecule has 1 aliphatic carbocycles. The summed E-state index contributed by atoms with van der Waals surface area (Å²) in [6.45, 7) is 0. The standard InChI is InChI=1S/C26H23NO/c28-22-17-15-21(16-18-22)27(25-13-5-9-19-7-1-3-11-23(19)25)26-14-6-10-20-8-2-4-12-24(20)26/h1-14,21H,15-18H2. The average Bonchev–Trinajstić information content (AvgIpc) is 2.75. The number of rotatable bonds is 3. The van der Waals surface area contributed by atoms with Crippen LogP contribution in [0.1, 0.15) is 25.7 Å². The van der Waals surface area contributed by atoms with Gasteiger partial charge in [-0.2, -0.15) is 0 Å². The molecule has 0 atom stereocenters.